The Hall–Kier alpha value is -3.09. The van der Waals surface area contributed by atoms with E-state index in [2.05, 4.69) is 31.4 Å². The number of ether oxygens (including phenoxy) is 1. The summed E-state index contributed by atoms with van der Waals surface area (Å²) in [5.74, 6) is -1.80. The summed E-state index contributed by atoms with van der Waals surface area (Å²) in [7, 11) is 0. The van der Waals surface area contributed by atoms with Crippen LogP contribution in [0.3, 0.4) is 0 Å². The molecule has 2 heterocycles. The highest BCUT2D eigenvalue weighted by Gasteiger charge is 2.16. The van der Waals surface area contributed by atoms with Crippen LogP contribution in [0.4, 0.5) is 8.78 Å². The molecule has 0 saturated heterocycles. The Morgan fingerprint density at radius 2 is 2.09 bits per heavy atom. The Kier molecular flexibility index (Phi) is 7.95. The van der Waals surface area contributed by atoms with E-state index in [1.54, 1.807) is 13.0 Å². The van der Waals surface area contributed by atoms with Crippen LogP contribution in [0.2, 0.25) is 0 Å². The molecule has 0 aliphatic carbocycles. The number of hydrogen-bond donors (Lipinski definition) is 4. The van der Waals surface area contributed by atoms with Gasteiger partial charge >= 0.3 is 0 Å². The number of aromatic amines is 1. The van der Waals surface area contributed by atoms with Gasteiger partial charge in [-0.1, -0.05) is 0 Å². The number of aliphatic hydroxyl groups excluding tert-OH is 2. The van der Waals surface area contributed by atoms with Gasteiger partial charge in [-0.15, -0.1) is 0 Å². The SMILES string of the molecule is Cc1cc(OCc2ccc(F)cc2F)c(Br)c(=O)n1Cc1cc(C(=O)NCC(O)CO)n[nH]1. The first-order valence-corrected chi connectivity index (χ1v) is 10.6. The number of benzene rings is 1. The normalized spacial score (nSPS) is 11.9. The second-order valence-electron chi connectivity index (χ2n) is 7.20. The van der Waals surface area contributed by atoms with Crippen LogP contribution in [0.15, 0.2) is 39.6 Å². The first-order chi connectivity index (χ1) is 15.7. The summed E-state index contributed by atoms with van der Waals surface area (Å²) in [5.41, 5.74) is 0.781. The number of carbonyl (C=O) groups is 1. The molecule has 1 aromatic carbocycles. The molecule has 0 spiro atoms. The van der Waals surface area contributed by atoms with Gasteiger partial charge in [0, 0.05) is 29.9 Å². The number of rotatable bonds is 9. The number of nitrogens with zero attached hydrogens (tertiary/aromatic N) is 2. The third-order valence-electron chi connectivity index (χ3n) is 4.71. The second kappa shape index (κ2) is 10.7. The second-order valence-corrected chi connectivity index (χ2v) is 8.00. The lowest BCUT2D eigenvalue weighted by atomic mass is 10.2. The molecule has 0 radical (unpaired) electrons. The number of halogens is 3. The van der Waals surface area contributed by atoms with Gasteiger partial charge in [0.25, 0.3) is 11.5 Å². The Bertz CT molecular complexity index is 1210. The van der Waals surface area contributed by atoms with E-state index in [1.165, 1.54) is 16.7 Å². The van der Waals surface area contributed by atoms with Gasteiger partial charge in [0.15, 0.2) is 0 Å². The van der Waals surface area contributed by atoms with Crippen LogP contribution in [-0.4, -0.2) is 50.1 Å². The van der Waals surface area contributed by atoms with Gasteiger partial charge in [0.05, 0.1) is 24.9 Å². The zero-order valence-electron chi connectivity index (χ0n) is 17.4. The molecule has 33 heavy (non-hydrogen) atoms. The van der Waals surface area contributed by atoms with Crippen molar-refractivity contribution < 1.29 is 28.5 Å². The van der Waals surface area contributed by atoms with Gasteiger partial charge in [-0.05, 0) is 41.1 Å². The van der Waals surface area contributed by atoms with Gasteiger partial charge in [-0.2, -0.15) is 5.10 Å². The van der Waals surface area contributed by atoms with Crippen LogP contribution >= 0.6 is 15.9 Å². The number of carbonyl (C=O) groups excluding carboxylic acids is 1. The summed E-state index contributed by atoms with van der Waals surface area (Å²) in [6, 6.07) is 6.19. The average molecular weight is 527 g/mol. The van der Waals surface area contributed by atoms with Gasteiger partial charge in [0.2, 0.25) is 0 Å². The number of H-pyrrole nitrogens is 1. The fraction of sp³-hybridized carbons (Fsp3) is 0.286. The maximum atomic E-state index is 13.8. The fourth-order valence-electron chi connectivity index (χ4n) is 2.91. The molecule has 9 nitrogen and oxygen atoms in total. The highest BCUT2D eigenvalue weighted by Crippen LogP contribution is 2.24. The van der Waals surface area contributed by atoms with Crippen LogP contribution in [0.25, 0.3) is 0 Å². The fourth-order valence-corrected chi connectivity index (χ4v) is 3.35. The van der Waals surface area contributed by atoms with Crippen LogP contribution in [0.1, 0.15) is 27.4 Å². The zero-order chi connectivity index (χ0) is 24.1. The molecule has 3 aromatic rings. The average Bonchev–Trinajstić information content (AvgIpc) is 3.26. The van der Waals surface area contributed by atoms with Crippen molar-refractivity contribution in [2.24, 2.45) is 0 Å². The predicted molar refractivity (Wildman–Crippen MR) is 117 cm³/mol. The van der Waals surface area contributed by atoms with E-state index in [0.717, 1.165) is 12.1 Å². The van der Waals surface area contributed by atoms with E-state index in [-0.39, 0.29) is 41.2 Å². The third kappa shape index (κ3) is 6.03. The summed E-state index contributed by atoms with van der Waals surface area (Å²) >= 11 is 3.21. The van der Waals surface area contributed by atoms with E-state index < -0.39 is 35.8 Å². The quantitative estimate of drug-likeness (QED) is 0.335. The molecule has 176 valence electrons. The molecule has 1 atom stereocenters. The van der Waals surface area contributed by atoms with Crippen molar-refractivity contribution in [2.45, 2.75) is 26.2 Å². The zero-order valence-corrected chi connectivity index (χ0v) is 19.0. The first kappa shape index (κ1) is 24.6. The highest BCUT2D eigenvalue weighted by molar-refractivity contribution is 9.10. The van der Waals surface area contributed by atoms with Crippen LogP contribution in [-0.2, 0) is 13.2 Å². The van der Waals surface area contributed by atoms with Gasteiger partial charge < -0.3 is 24.8 Å². The highest BCUT2D eigenvalue weighted by atomic mass is 79.9. The molecule has 0 aliphatic heterocycles. The molecule has 2 aromatic heterocycles. The maximum Gasteiger partial charge on any atom is 0.271 e. The smallest absolute Gasteiger partial charge is 0.271 e. The monoisotopic (exact) mass is 526 g/mol. The summed E-state index contributed by atoms with van der Waals surface area (Å²) < 4.78 is 34.0. The van der Waals surface area contributed by atoms with Crippen LogP contribution in [0.5, 0.6) is 5.75 Å². The number of pyridine rings is 1. The Morgan fingerprint density at radius 1 is 1.33 bits per heavy atom. The van der Waals surface area contributed by atoms with E-state index in [1.807, 2.05) is 0 Å². The Balaban J connectivity index is 1.72. The van der Waals surface area contributed by atoms with E-state index >= 15 is 0 Å². The van der Waals surface area contributed by atoms with Gasteiger partial charge in [0.1, 0.15) is 34.2 Å². The van der Waals surface area contributed by atoms with Crippen LogP contribution < -0.4 is 15.6 Å². The summed E-state index contributed by atoms with van der Waals surface area (Å²) in [6.07, 6.45) is -1.08. The summed E-state index contributed by atoms with van der Waals surface area (Å²) in [5, 5.41) is 27.1. The molecule has 1 amide bonds. The lowest BCUT2D eigenvalue weighted by molar-refractivity contribution is 0.0798. The number of nitrogens with one attached hydrogen (secondary N) is 2. The standard InChI is InChI=1S/C21H21BrF2N4O5/c1-11-4-18(33-10-12-2-3-13(23)5-16(12)24)19(22)21(32)28(11)8-14-6-17(27-26-14)20(31)25-7-15(30)9-29/h2-6,15,29-30H,7-10H2,1H3,(H,25,31)(H,26,27). The topological polar surface area (TPSA) is 129 Å². The molecular weight excluding hydrogens is 506 g/mol. The van der Waals surface area contributed by atoms with Gasteiger partial charge in [-0.25, -0.2) is 8.78 Å². The largest absolute Gasteiger partial charge is 0.487 e. The summed E-state index contributed by atoms with van der Waals surface area (Å²) in [4.78, 5) is 24.9. The summed E-state index contributed by atoms with van der Waals surface area (Å²) in [6.45, 7) is 0.945. The molecular formula is C21H21BrF2N4O5. The van der Waals surface area contributed by atoms with E-state index in [4.69, 9.17) is 9.84 Å². The van der Waals surface area contributed by atoms with Crippen molar-refractivity contribution in [3.63, 3.8) is 0 Å². The molecule has 12 heteroatoms. The lowest BCUT2D eigenvalue weighted by Gasteiger charge is -2.14. The van der Waals surface area contributed by atoms with Gasteiger partial charge in [-0.3, -0.25) is 14.7 Å². The lowest BCUT2D eigenvalue weighted by Crippen LogP contribution is -2.34. The molecule has 0 fully saturated rings. The number of aliphatic hydroxyl groups is 2. The third-order valence-corrected chi connectivity index (χ3v) is 5.44. The first-order valence-electron chi connectivity index (χ1n) is 9.77. The van der Waals surface area contributed by atoms with E-state index in [9.17, 15) is 23.5 Å². The maximum absolute atomic E-state index is 13.8. The molecule has 1 unspecified atom stereocenters. The molecule has 0 saturated carbocycles. The van der Waals surface area contributed by atoms with Crippen molar-refractivity contribution in [2.75, 3.05) is 13.2 Å². The number of aryl methyl sites for hydroxylation is 1. The van der Waals surface area contributed by atoms with Crippen molar-refractivity contribution in [1.29, 1.82) is 0 Å². The molecule has 0 bridgehead atoms. The minimum atomic E-state index is -1.08. The Morgan fingerprint density at radius 3 is 2.79 bits per heavy atom. The number of hydrogen-bond acceptors (Lipinski definition) is 6. The predicted octanol–water partition coefficient (Wildman–Crippen LogP) is 1.63. The van der Waals surface area contributed by atoms with E-state index in [0.29, 0.717) is 11.4 Å². The van der Waals surface area contributed by atoms with Crippen molar-refractivity contribution in [1.82, 2.24) is 20.1 Å². The van der Waals surface area contributed by atoms with Crippen molar-refractivity contribution in [3.8, 4) is 5.75 Å². The number of amides is 1. The van der Waals surface area contributed by atoms with Crippen molar-refractivity contribution >= 4 is 21.8 Å². The number of aromatic nitrogens is 3. The Labute approximate surface area is 195 Å². The van der Waals surface area contributed by atoms with Crippen molar-refractivity contribution in [3.05, 3.63) is 79.4 Å². The minimum absolute atomic E-state index is 0.0567. The molecule has 0 aliphatic rings. The molecule has 3 rings (SSSR count). The minimum Gasteiger partial charge on any atom is -0.487 e. The van der Waals surface area contributed by atoms with Crippen LogP contribution in [0, 0.1) is 18.6 Å². The molecule has 4 N–H and O–H groups in total.